The number of Topliss-reactive ketones (excluding diaryl/α,β-unsaturated/α-hetero) is 1. The molecule has 2 aromatic rings. The maximum atomic E-state index is 12.8. The fraction of sp³-hybridized carbons (Fsp3) is 0.316. The van der Waals surface area contributed by atoms with E-state index in [2.05, 4.69) is 10.3 Å². The lowest BCUT2D eigenvalue weighted by atomic mass is 10.0. The summed E-state index contributed by atoms with van der Waals surface area (Å²) in [4.78, 5) is 29.7. The number of benzene rings is 1. The van der Waals surface area contributed by atoms with Crippen LogP contribution in [-0.4, -0.2) is 50.1 Å². The van der Waals surface area contributed by atoms with Crippen LogP contribution in [0.1, 0.15) is 32.4 Å². The summed E-state index contributed by atoms with van der Waals surface area (Å²) in [6.45, 7) is -0.546. The van der Waals surface area contributed by atoms with Crippen molar-refractivity contribution in [2.45, 2.75) is 31.5 Å². The van der Waals surface area contributed by atoms with Crippen LogP contribution in [0.25, 0.3) is 0 Å². The van der Waals surface area contributed by atoms with Crippen LogP contribution in [0.15, 0.2) is 36.0 Å². The van der Waals surface area contributed by atoms with E-state index in [4.69, 9.17) is 9.84 Å². The summed E-state index contributed by atoms with van der Waals surface area (Å²) in [7, 11) is 0. The molecule has 0 fully saturated rings. The highest BCUT2D eigenvalue weighted by Gasteiger charge is 2.37. The quantitative estimate of drug-likeness (QED) is 0.684. The number of hydrogen-bond donors (Lipinski definition) is 3. The Morgan fingerprint density at radius 2 is 1.97 bits per heavy atom. The average Bonchev–Trinajstić information content (AvgIpc) is 3.10. The smallest absolute Gasteiger partial charge is 0.394 e. The predicted molar refractivity (Wildman–Crippen MR) is 95.7 cm³/mol. The largest absolute Gasteiger partial charge is 0.416 e. The predicted octanol–water partition coefficient (Wildman–Crippen LogP) is 1.53. The molecular formula is C19H16F3N3O5. The minimum Gasteiger partial charge on any atom is -0.394 e. The Bertz CT molecular complexity index is 1040. The van der Waals surface area contributed by atoms with Crippen LogP contribution < -0.4 is 5.32 Å². The highest BCUT2D eigenvalue weighted by molar-refractivity contribution is 6.24. The SMILES string of the molecule is O=C1C(Nc2ccc(C(F)(F)F)cc2)=CC(=O)c2c1nc1n2C[C@@H]([C@H](O)CO)OC1. The van der Waals surface area contributed by atoms with Crippen molar-refractivity contribution in [3.63, 3.8) is 0 Å². The molecule has 158 valence electrons. The van der Waals surface area contributed by atoms with E-state index in [1.807, 2.05) is 0 Å². The number of ketones is 2. The summed E-state index contributed by atoms with van der Waals surface area (Å²) >= 11 is 0. The second-order valence-electron chi connectivity index (χ2n) is 6.89. The van der Waals surface area contributed by atoms with Gasteiger partial charge in [-0.1, -0.05) is 0 Å². The van der Waals surface area contributed by atoms with E-state index in [0.717, 1.165) is 30.3 Å². The number of hydrogen-bond acceptors (Lipinski definition) is 7. The van der Waals surface area contributed by atoms with Gasteiger partial charge in [0, 0.05) is 11.8 Å². The van der Waals surface area contributed by atoms with Crippen molar-refractivity contribution < 1.29 is 37.7 Å². The number of halogens is 3. The zero-order chi connectivity index (χ0) is 21.6. The van der Waals surface area contributed by atoms with Crippen molar-refractivity contribution in [3.8, 4) is 0 Å². The molecular weight excluding hydrogens is 407 g/mol. The van der Waals surface area contributed by atoms with Crippen LogP contribution >= 0.6 is 0 Å². The second-order valence-corrected chi connectivity index (χ2v) is 6.89. The molecule has 1 aromatic carbocycles. The molecule has 2 atom stereocenters. The number of aromatic nitrogens is 2. The molecule has 3 N–H and O–H groups in total. The molecule has 1 aromatic heterocycles. The van der Waals surface area contributed by atoms with E-state index in [0.29, 0.717) is 5.82 Å². The zero-order valence-corrected chi connectivity index (χ0v) is 15.3. The third-order valence-electron chi connectivity index (χ3n) is 4.91. The van der Waals surface area contributed by atoms with Gasteiger partial charge in [0.15, 0.2) is 0 Å². The molecule has 11 heteroatoms. The van der Waals surface area contributed by atoms with E-state index in [1.165, 1.54) is 4.57 Å². The van der Waals surface area contributed by atoms with Gasteiger partial charge in [0.25, 0.3) is 0 Å². The van der Waals surface area contributed by atoms with Gasteiger partial charge in [-0.3, -0.25) is 9.59 Å². The lowest BCUT2D eigenvalue weighted by Gasteiger charge is -2.28. The molecule has 0 amide bonds. The van der Waals surface area contributed by atoms with Crippen molar-refractivity contribution in [3.05, 3.63) is 58.8 Å². The minimum absolute atomic E-state index is 0.0356. The molecule has 1 aliphatic carbocycles. The Labute approximate surface area is 167 Å². The molecule has 30 heavy (non-hydrogen) atoms. The summed E-state index contributed by atoms with van der Waals surface area (Å²) in [6, 6.07) is 4.04. The third-order valence-corrected chi connectivity index (χ3v) is 4.91. The molecule has 4 rings (SSSR count). The first kappa shape index (κ1) is 20.3. The number of fused-ring (bicyclic) bond motifs is 3. The van der Waals surface area contributed by atoms with E-state index >= 15 is 0 Å². The fourth-order valence-electron chi connectivity index (χ4n) is 3.36. The lowest BCUT2D eigenvalue weighted by molar-refractivity contribution is -0.137. The van der Waals surface area contributed by atoms with Crippen molar-refractivity contribution in [1.82, 2.24) is 9.55 Å². The molecule has 0 unspecified atom stereocenters. The van der Waals surface area contributed by atoms with Gasteiger partial charge < -0.3 is 24.8 Å². The van der Waals surface area contributed by atoms with Gasteiger partial charge in [-0.15, -0.1) is 0 Å². The van der Waals surface area contributed by atoms with Crippen LogP contribution in [0.2, 0.25) is 0 Å². The third kappa shape index (κ3) is 3.51. The Hall–Kier alpha value is -3.02. The Kier molecular flexibility index (Phi) is 4.96. The van der Waals surface area contributed by atoms with Gasteiger partial charge in [-0.25, -0.2) is 4.98 Å². The lowest BCUT2D eigenvalue weighted by Crippen LogP contribution is -2.40. The van der Waals surface area contributed by atoms with Gasteiger partial charge >= 0.3 is 6.18 Å². The maximum absolute atomic E-state index is 12.8. The van der Waals surface area contributed by atoms with Crippen LogP contribution in [0, 0.1) is 0 Å². The highest BCUT2D eigenvalue weighted by atomic mass is 19.4. The first-order chi connectivity index (χ1) is 14.2. The molecule has 0 spiro atoms. The minimum atomic E-state index is -4.48. The van der Waals surface area contributed by atoms with Crippen LogP contribution in [0.5, 0.6) is 0 Å². The monoisotopic (exact) mass is 423 g/mol. The number of imidazole rings is 1. The number of carbonyl (C=O) groups is 2. The standard InChI is InChI=1S/C19H16F3N3O5/c20-19(21,22)9-1-3-10(4-2-9)23-11-5-12(27)17-16(18(11)29)24-15-8-30-14(6-25(15)17)13(28)7-26/h1-5,13-14,23,26,28H,6-8H2/t13-,14+/m1/s1. The number of rotatable bonds is 4. The van der Waals surface area contributed by atoms with Crippen molar-refractivity contribution in [1.29, 1.82) is 0 Å². The number of anilines is 1. The number of allylic oxidation sites excluding steroid dienone is 2. The number of ether oxygens (including phenoxy) is 1. The zero-order valence-electron chi connectivity index (χ0n) is 15.3. The normalized spacial score (nSPS) is 19.8. The van der Waals surface area contributed by atoms with Crippen LogP contribution in [0.3, 0.4) is 0 Å². The van der Waals surface area contributed by atoms with Gasteiger partial charge in [-0.2, -0.15) is 13.2 Å². The average molecular weight is 423 g/mol. The number of aliphatic hydroxyl groups is 2. The van der Waals surface area contributed by atoms with E-state index < -0.39 is 42.1 Å². The number of nitrogens with one attached hydrogen (secondary N) is 1. The molecule has 1 aliphatic heterocycles. The van der Waals surface area contributed by atoms with Crippen molar-refractivity contribution >= 4 is 17.3 Å². The van der Waals surface area contributed by atoms with E-state index in [-0.39, 0.29) is 35.9 Å². The van der Waals surface area contributed by atoms with Gasteiger partial charge in [-0.05, 0) is 24.3 Å². The Morgan fingerprint density at radius 1 is 1.27 bits per heavy atom. The molecule has 8 nitrogen and oxygen atoms in total. The number of alkyl halides is 3. The molecule has 2 heterocycles. The number of carbonyl (C=O) groups excluding carboxylic acids is 2. The number of aliphatic hydroxyl groups excluding tert-OH is 2. The molecule has 0 radical (unpaired) electrons. The molecule has 2 aliphatic rings. The van der Waals surface area contributed by atoms with Crippen molar-refractivity contribution in [2.75, 3.05) is 11.9 Å². The maximum Gasteiger partial charge on any atom is 0.416 e. The summed E-state index contributed by atoms with van der Waals surface area (Å²) in [6.07, 6.45) is -5.34. The number of nitrogens with zero attached hydrogens (tertiary/aromatic N) is 2. The fourth-order valence-corrected chi connectivity index (χ4v) is 3.36. The highest BCUT2D eigenvalue weighted by Crippen LogP contribution is 2.31. The first-order valence-corrected chi connectivity index (χ1v) is 8.94. The van der Waals surface area contributed by atoms with Gasteiger partial charge in [0.1, 0.15) is 36.0 Å². The summed E-state index contributed by atoms with van der Waals surface area (Å²) in [5.74, 6) is -0.783. The summed E-state index contributed by atoms with van der Waals surface area (Å²) in [5.41, 5.74) is -0.800. The van der Waals surface area contributed by atoms with Crippen LogP contribution in [0.4, 0.5) is 18.9 Å². The van der Waals surface area contributed by atoms with Gasteiger partial charge in [0.05, 0.1) is 24.4 Å². The van der Waals surface area contributed by atoms with Crippen molar-refractivity contribution in [2.24, 2.45) is 0 Å². The van der Waals surface area contributed by atoms with Crippen LogP contribution in [-0.2, 0) is 24.1 Å². The summed E-state index contributed by atoms with van der Waals surface area (Å²) in [5, 5.41) is 21.6. The first-order valence-electron chi connectivity index (χ1n) is 8.94. The summed E-state index contributed by atoms with van der Waals surface area (Å²) < 4.78 is 45.0. The Balaban J connectivity index is 1.59. The topological polar surface area (TPSA) is 114 Å². The molecule has 0 saturated heterocycles. The molecule has 0 saturated carbocycles. The van der Waals surface area contributed by atoms with E-state index in [9.17, 15) is 27.9 Å². The second kappa shape index (κ2) is 7.35. The Morgan fingerprint density at radius 3 is 2.60 bits per heavy atom. The van der Waals surface area contributed by atoms with E-state index in [1.54, 1.807) is 0 Å². The van der Waals surface area contributed by atoms with Gasteiger partial charge in [0.2, 0.25) is 11.6 Å². The molecule has 0 bridgehead atoms.